The summed E-state index contributed by atoms with van der Waals surface area (Å²) < 4.78 is 1.78. The summed E-state index contributed by atoms with van der Waals surface area (Å²) in [5, 5.41) is 9.49. The molecule has 2 aromatic carbocycles. The largest absolute Gasteiger partial charge is 0.478 e. The van der Waals surface area contributed by atoms with Gasteiger partial charge in [-0.05, 0) is 55.3 Å². The number of hydrogen-bond donors (Lipinski definition) is 1. The van der Waals surface area contributed by atoms with Gasteiger partial charge in [-0.3, -0.25) is 4.79 Å². The van der Waals surface area contributed by atoms with E-state index < -0.39 is 5.97 Å². The molecule has 126 valence electrons. The van der Waals surface area contributed by atoms with Crippen LogP contribution in [0, 0.1) is 13.8 Å². The zero-order valence-corrected chi connectivity index (χ0v) is 14.4. The van der Waals surface area contributed by atoms with Gasteiger partial charge in [0.05, 0.1) is 16.9 Å². The molecule has 0 bridgehead atoms. The molecular weight excluding hydrogens is 340 g/mol. The standard InChI is InChI=1S/C19H15ClN2O3/c1-11-7-13(19(24)25)8-12(2)17(11)18(23)15-9-14(3-4-16(15)20)22-6-5-21-10-22/h3-10H,1-2H3,(H,24,25). The highest BCUT2D eigenvalue weighted by molar-refractivity contribution is 6.35. The number of carboxylic acid groups (broad SMARTS) is 1. The second kappa shape index (κ2) is 6.53. The molecule has 6 heteroatoms. The fourth-order valence-electron chi connectivity index (χ4n) is 2.84. The van der Waals surface area contributed by atoms with E-state index in [2.05, 4.69) is 4.98 Å². The van der Waals surface area contributed by atoms with Crippen molar-refractivity contribution >= 4 is 23.4 Å². The zero-order chi connectivity index (χ0) is 18.1. The Morgan fingerprint density at radius 2 is 1.80 bits per heavy atom. The number of aromatic carboxylic acids is 1. The van der Waals surface area contributed by atoms with Crippen molar-refractivity contribution in [2.75, 3.05) is 0 Å². The molecule has 0 amide bonds. The van der Waals surface area contributed by atoms with Crippen molar-refractivity contribution in [3.05, 3.63) is 81.9 Å². The van der Waals surface area contributed by atoms with Gasteiger partial charge in [0, 0.05) is 29.2 Å². The summed E-state index contributed by atoms with van der Waals surface area (Å²) in [4.78, 5) is 28.2. The molecule has 0 aliphatic heterocycles. The van der Waals surface area contributed by atoms with Crippen LogP contribution in [-0.4, -0.2) is 26.4 Å². The van der Waals surface area contributed by atoms with E-state index in [-0.39, 0.29) is 11.3 Å². The molecule has 1 heterocycles. The number of nitrogens with zero attached hydrogens (tertiary/aromatic N) is 2. The summed E-state index contributed by atoms with van der Waals surface area (Å²) >= 11 is 6.25. The maximum Gasteiger partial charge on any atom is 0.335 e. The van der Waals surface area contributed by atoms with E-state index in [1.807, 2.05) is 0 Å². The molecule has 3 rings (SSSR count). The first kappa shape index (κ1) is 16.9. The molecule has 0 saturated heterocycles. The predicted octanol–water partition coefficient (Wildman–Crippen LogP) is 4.07. The first-order valence-electron chi connectivity index (χ1n) is 7.55. The molecule has 0 unspecified atom stereocenters. The molecule has 0 aliphatic rings. The van der Waals surface area contributed by atoms with E-state index in [9.17, 15) is 9.59 Å². The van der Waals surface area contributed by atoms with Crippen LogP contribution in [0.15, 0.2) is 49.1 Å². The average Bonchev–Trinajstić information content (AvgIpc) is 3.08. The van der Waals surface area contributed by atoms with Gasteiger partial charge in [-0.25, -0.2) is 9.78 Å². The number of aryl methyl sites for hydroxylation is 2. The average molecular weight is 355 g/mol. The Balaban J connectivity index is 2.10. The summed E-state index contributed by atoms with van der Waals surface area (Å²) in [7, 11) is 0. The van der Waals surface area contributed by atoms with Crippen LogP contribution in [0.3, 0.4) is 0 Å². The van der Waals surface area contributed by atoms with Crippen LogP contribution in [0.1, 0.15) is 37.4 Å². The van der Waals surface area contributed by atoms with Crippen molar-refractivity contribution in [3.8, 4) is 5.69 Å². The van der Waals surface area contributed by atoms with Crippen molar-refractivity contribution in [2.24, 2.45) is 0 Å². The van der Waals surface area contributed by atoms with Crippen molar-refractivity contribution in [1.29, 1.82) is 0 Å². The number of ketones is 1. The maximum atomic E-state index is 13.1. The van der Waals surface area contributed by atoms with Gasteiger partial charge in [-0.1, -0.05) is 11.6 Å². The number of aromatic nitrogens is 2. The molecule has 0 spiro atoms. The van der Waals surface area contributed by atoms with Gasteiger partial charge in [0.25, 0.3) is 0 Å². The molecule has 0 atom stereocenters. The Labute approximate surface area is 149 Å². The quantitative estimate of drug-likeness (QED) is 0.717. The van der Waals surface area contributed by atoms with Crippen LogP contribution >= 0.6 is 11.6 Å². The zero-order valence-electron chi connectivity index (χ0n) is 13.7. The third kappa shape index (κ3) is 3.19. The minimum absolute atomic E-state index is 0.157. The molecule has 0 radical (unpaired) electrons. The number of benzene rings is 2. The van der Waals surface area contributed by atoms with Crippen LogP contribution in [0.25, 0.3) is 5.69 Å². The number of hydrogen-bond acceptors (Lipinski definition) is 3. The van der Waals surface area contributed by atoms with Crippen molar-refractivity contribution in [2.45, 2.75) is 13.8 Å². The molecule has 25 heavy (non-hydrogen) atoms. The highest BCUT2D eigenvalue weighted by atomic mass is 35.5. The normalized spacial score (nSPS) is 10.7. The number of rotatable bonds is 4. The summed E-state index contributed by atoms with van der Waals surface area (Å²) in [6, 6.07) is 8.16. The molecular formula is C19H15ClN2O3. The van der Waals surface area contributed by atoms with Crippen LogP contribution < -0.4 is 0 Å². The van der Waals surface area contributed by atoms with Gasteiger partial charge in [-0.15, -0.1) is 0 Å². The van der Waals surface area contributed by atoms with Gasteiger partial charge in [0.1, 0.15) is 0 Å². The lowest BCUT2D eigenvalue weighted by atomic mass is 9.92. The lowest BCUT2D eigenvalue weighted by molar-refractivity contribution is 0.0696. The predicted molar refractivity (Wildman–Crippen MR) is 94.9 cm³/mol. The van der Waals surface area contributed by atoms with Crippen LogP contribution in [0.2, 0.25) is 5.02 Å². The minimum Gasteiger partial charge on any atom is -0.478 e. The number of imidazole rings is 1. The fraction of sp³-hybridized carbons (Fsp3) is 0.105. The smallest absolute Gasteiger partial charge is 0.335 e. The summed E-state index contributed by atoms with van der Waals surface area (Å²) in [5.41, 5.74) is 2.96. The third-order valence-corrected chi connectivity index (χ3v) is 4.33. The van der Waals surface area contributed by atoms with E-state index in [0.29, 0.717) is 27.3 Å². The van der Waals surface area contributed by atoms with E-state index in [1.165, 1.54) is 12.1 Å². The second-order valence-electron chi connectivity index (χ2n) is 5.75. The Bertz CT molecular complexity index is 955. The number of halogens is 1. The van der Waals surface area contributed by atoms with Gasteiger partial charge in [-0.2, -0.15) is 0 Å². The highest BCUT2D eigenvalue weighted by Crippen LogP contribution is 2.26. The van der Waals surface area contributed by atoms with Crippen molar-refractivity contribution in [1.82, 2.24) is 9.55 Å². The monoisotopic (exact) mass is 354 g/mol. The Morgan fingerprint density at radius 3 is 2.36 bits per heavy atom. The maximum absolute atomic E-state index is 13.1. The van der Waals surface area contributed by atoms with E-state index in [1.54, 1.807) is 55.3 Å². The number of carbonyl (C=O) groups is 2. The van der Waals surface area contributed by atoms with Gasteiger partial charge < -0.3 is 9.67 Å². The molecule has 1 aromatic heterocycles. The minimum atomic E-state index is -1.02. The highest BCUT2D eigenvalue weighted by Gasteiger charge is 2.20. The van der Waals surface area contributed by atoms with E-state index in [4.69, 9.17) is 16.7 Å². The second-order valence-corrected chi connectivity index (χ2v) is 6.16. The molecule has 0 aliphatic carbocycles. The van der Waals surface area contributed by atoms with Crippen molar-refractivity contribution < 1.29 is 14.7 Å². The SMILES string of the molecule is Cc1cc(C(=O)O)cc(C)c1C(=O)c1cc(-n2ccnc2)ccc1Cl. The van der Waals surface area contributed by atoms with E-state index >= 15 is 0 Å². The first-order valence-corrected chi connectivity index (χ1v) is 7.93. The Morgan fingerprint density at radius 1 is 1.12 bits per heavy atom. The fourth-order valence-corrected chi connectivity index (χ4v) is 3.04. The lowest BCUT2D eigenvalue weighted by Crippen LogP contribution is -2.10. The van der Waals surface area contributed by atoms with Crippen LogP contribution in [0.4, 0.5) is 0 Å². The van der Waals surface area contributed by atoms with Crippen molar-refractivity contribution in [3.63, 3.8) is 0 Å². The number of carboxylic acids is 1. The summed E-state index contributed by atoms with van der Waals surface area (Å²) in [6.45, 7) is 3.45. The molecule has 0 fully saturated rings. The molecule has 5 nitrogen and oxygen atoms in total. The summed E-state index contributed by atoms with van der Waals surface area (Å²) in [6.07, 6.45) is 5.06. The Hall–Kier alpha value is -2.92. The van der Waals surface area contributed by atoms with Gasteiger partial charge in [0.2, 0.25) is 0 Å². The number of carbonyl (C=O) groups excluding carboxylic acids is 1. The topological polar surface area (TPSA) is 72.2 Å². The Kier molecular flexibility index (Phi) is 4.42. The summed E-state index contributed by atoms with van der Waals surface area (Å²) in [5.74, 6) is -1.26. The first-order chi connectivity index (χ1) is 11.9. The molecule has 0 saturated carbocycles. The van der Waals surface area contributed by atoms with Gasteiger partial charge in [0.15, 0.2) is 5.78 Å². The molecule has 3 aromatic rings. The van der Waals surface area contributed by atoms with Gasteiger partial charge >= 0.3 is 5.97 Å². The van der Waals surface area contributed by atoms with E-state index in [0.717, 1.165) is 5.69 Å². The van der Waals surface area contributed by atoms with Crippen LogP contribution in [-0.2, 0) is 0 Å². The lowest BCUT2D eigenvalue weighted by Gasteiger charge is -2.13. The van der Waals surface area contributed by atoms with Crippen LogP contribution in [0.5, 0.6) is 0 Å². The third-order valence-electron chi connectivity index (χ3n) is 4.00. The molecule has 1 N–H and O–H groups in total.